The number of amides is 2. The first-order valence-electron chi connectivity index (χ1n) is 4.44. The van der Waals surface area contributed by atoms with Crippen molar-refractivity contribution in [1.29, 1.82) is 0 Å². The number of carbonyl (C=O) groups is 2. The van der Waals surface area contributed by atoms with E-state index in [0.717, 1.165) is 6.42 Å². The van der Waals surface area contributed by atoms with E-state index in [1.165, 1.54) is 5.32 Å². The van der Waals surface area contributed by atoms with Gasteiger partial charge in [0, 0.05) is 0 Å². The fraction of sp³-hybridized carbons (Fsp3) is 0.750. The Balaban J connectivity index is 2.52. The summed E-state index contributed by atoms with van der Waals surface area (Å²) in [7, 11) is 1.63. The maximum atomic E-state index is 11.8. The molecule has 1 saturated heterocycles. The number of nitrogens with zero attached hydrogens (tertiary/aromatic N) is 1. The first-order chi connectivity index (χ1) is 6.82. The second kappa shape index (κ2) is 4.18. The first kappa shape index (κ1) is 12.0. The second-order valence-electron chi connectivity index (χ2n) is 3.45. The van der Waals surface area contributed by atoms with Crippen LogP contribution in [0.4, 0.5) is 13.2 Å². The van der Waals surface area contributed by atoms with Crippen molar-refractivity contribution in [3.05, 3.63) is 0 Å². The van der Waals surface area contributed by atoms with E-state index in [4.69, 9.17) is 0 Å². The number of hydrogen-bond donors (Lipinski definition) is 1. The molecule has 0 aromatic rings. The number of hydrogen-bond acceptors (Lipinski definition) is 3. The molecule has 1 N–H and O–H groups in total. The molecule has 86 valence electrons. The molecule has 1 aliphatic heterocycles. The minimum absolute atomic E-state index is 0.480. The van der Waals surface area contributed by atoms with Crippen LogP contribution >= 0.6 is 0 Å². The van der Waals surface area contributed by atoms with Gasteiger partial charge in [0.15, 0.2) is 0 Å². The van der Waals surface area contributed by atoms with Crippen molar-refractivity contribution in [2.75, 3.05) is 13.6 Å². The Morgan fingerprint density at radius 1 is 1.40 bits per heavy atom. The van der Waals surface area contributed by atoms with Crippen LogP contribution in [0.15, 0.2) is 0 Å². The molecular formula is C8H11F3N2O2. The van der Waals surface area contributed by atoms with Crippen molar-refractivity contribution in [3.63, 3.8) is 0 Å². The van der Waals surface area contributed by atoms with Crippen molar-refractivity contribution in [3.8, 4) is 0 Å². The molecule has 1 aliphatic rings. The SMILES string of the molecule is CN1CCC[C@@H]1C(=O)NC(=O)C(F)(F)F. The van der Waals surface area contributed by atoms with Crippen molar-refractivity contribution in [2.24, 2.45) is 0 Å². The van der Waals surface area contributed by atoms with Crippen LogP contribution in [0.5, 0.6) is 0 Å². The topological polar surface area (TPSA) is 49.4 Å². The van der Waals surface area contributed by atoms with Gasteiger partial charge in [-0.2, -0.15) is 13.2 Å². The molecule has 0 aliphatic carbocycles. The van der Waals surface area contributed by atoms with Crippen LogP contribution in [0.1, 0.15) is 12.8 Å². The maximum absolute atomic E-state index is 11.8. The third-order valence-corrected chi connectivity index (χ3v) is 2.32. The van der Waals surface area contributed by atoms with Crippen LogP contribution in [0.3, 0.4) is 0 Å². The molecule has 1 fully saturated rings. The summed E-state index contributed by atoms with van der Waals surface area (Å²) in [6.45, 7) is 0.651. The molecule has 0 unspecified atom stereocenters. The number of imide groups is 1. The average molecular weight is 224 g/mol. The van der Waals surface area contributed by atoms with E-state index in [0.29, 0.717) is 13.0 Å². The van der Waals surface area contributed by atoms with Gasteiger partial charge in [-0.15, -0.1) is 0 Å². The number of nitrogens with one attached hydrogen (secondary N) is 1. The predicted octanol–water partition coefficient (Wildman–Crippen LogP) is 0.286. The monoisotopic (exact) mass is 224 g/mol. The van der Waals surface area contributed by atoms with Crippen LogP contribution in [0.2, 0.25) is 0 Å². The van der Waals surface area contributed by atoms with Gasteiger partial charge in [-0.1, -0.05) is 0 Å². The van der Waals surface area contributed by atoms with E-state index in [9.17, 15) is 22.8 Å². The fourth-order valence-electron chi connectivity index (χ4n) is 1.51. The predicted molar refractivity (Wildman–Crippen MR) is 44.9 cm³/mol. The van der Waals surface area contributed by atoms with Crippen molar-refractivity contribution >= 4 is 11.8 Å². The zero-order valence-corrected chi connectivity index (χ0v) is 8.10. The van der Waals surface area contributed by atoms with Crippen molar-refractivity contribution in [1.82, 2.24) is 10.2 Å². The highest BCUT2D eigenvalue weighted by Gasteiger charge is 2.41. The smallest absolute Gasteiger partial charge is 0.295 e. The summed E-state index contributed by atoms with van der Waals surface area (Å²) in [5, 5.41) is 1.35. The normalized spacial score (nSPS) is 22.8. The molecule has 0 spiro atoms. The first-order valence-corrected chi connectivity index (χ1v) is 4.44. The van der Waals surface area contributed by atoms with E-state index in [1.807, 2.05) is 0 Å². The number of carbonyl (C=O) groups excluding carboxylic acids is 2. The maximum Gasteiger partial charge on any atom is 0.471 e. The second-order valence-corrected chi connectivity index (χ2v) is 3.45. The summed E-state index contributed by atoms with van der Waals surface area (Å²) in [5.41, 5.74) is 0. The Bertz CT molecular complexity index is 278. The summed E-state index contributed by atoms with van der Waals surface area (Å²) in [4.78, 5) is 23.3. The Labute approximate surface area is 84.4 Å². The lowest BCUT2D eigenvalue weighted by molar-refractivity contribution is -0.175. The summed E-state index contributed by atoms with van der Waals surface area (Å²) < 4.78 is 35.4. The van der Waals surface area contributed by atoms with Gasteiger partial charge in [0.2, 0.25) is 5.91 Å². The molecule has 0 saturated carbocycles. The van der Waals surface area contributed by atoms with Gasteiger partial charge in [0.05, 0.1) is 6.04 Å². The molecule has 15 heavy (non-hydrogen) atoms. The lowest BCUT2D eigenvalue weighted by Gasteiger charge is -2.18. The average Bonchev–Trinajstić information content (AvgIpc) is 2.49. The minimum atomic E-state index is -5.01. The van der Waals surface area contributed by atoms with Crippen LogP contribution in [-0.2, 0) is 9.59 Å². The Morgan fingerprint density at radius 3 is 2.40 bits per heavy atom. The molecule has 1 heterocycles. The summed E-state index contributed by atoms with van der Waals surface area (Å²) >= 11 is 0. The number of halogens is 3. The molecule has 0 aromatic carbocycles. The highest BCUT2D eigenvalue weighted by atomic mass is 19.4. The van der Waals surface area contributed by atoms with Gasteiger partial charge >= 0.3 is 12.1 Å². The van der Waals surface area contributed by atoms with Crippen LogP contribution in [0.25, 0.3) is 0 Å². The Morgan fingerprint density at radius 2 is 2.00 bits per heavy atom. The number of likely N-dealkylation sites (tertiary alicyclic amines) is 1. The van der Waals surface area contributed by atoms with Crippen LogP contribution in [0, 0.1) is 0 Å². The highest BCUT2D eigenvalue weighted by Crippen LogP contribution is 2.17. The van der Waals surface area contributed by atoms with E-state index >= 15 is 0 Å². The van der Waals surface area contributed by atoms with Gasteiger partial charge in [0.1, 0.15) is 0 Å². The third kappa shape index (κ3) is 2.92. The van der Waals surface area contributed by atoms with Crippen molar-refractivity contribution in [2.45, 2.75) is 25.1 Å². The molecule has 1 rings (SSSR count). The molecule has 1 atom stereocenters. The van der Waals surface area contributed by atoms with Crippen LogP contribution < -0.4 is 5.32 Å². The molecular weight excluding hydrogens is 213 g/mol. The number of rotatable bonds is 1. The van der Waals surface area contributed by atoms with E-state index in [1.54, 1.807) is 11.9 Å². The zero-order valence-electron chi connectivity index (χ0n) is 8.10. The van der Waals surface area contributed by atoms with Crippen LogP contribution in [-0.4, -0.2) is 42.5 Å². The highest BCUT2D eigenvalue weighted by molar-refractivity contribution is 6.00. The molecule has 2 amide bonds. The molecule has 7 heteroatoms. The lowest BCUT2D eigenvalue weighted by Crippen LogP contribution is -2.48. The van der Waals surface area contributed by atoms with E-state index < -0.39 is 24.0 Å². The number of alkyl halides is 3. The van der Waals surface area contributed by atoms with Gasteiger partial charge in [-0.25, -0.2) is 0 Å². The van der Waals surface area contributed by atoms with Gasteiger partial charge < -0.3 is 0 Å². The summed E-state index contributed by atoms with van der Waals surface area (Å²) in [6.07, 6.45) is -3.78. The Kier molecular flexibility index (Phi) is 3.33. The summed E-state index contributed by atoms with van der Waals surface area (Å²) in [6, 6.07) is -0.628. The molecule has 4 nitrogen and oxygen atoms in total. The van der Waals surface area contributed by atoms with Crippen molar-refractivity contribution < 1.29 is 22.8 Å². The standard InChI is InChI=1S/C8H11F3N2O2/c1-13-4-2-3-5(13)6(14)12-7(15)8(9,10)11/h5H,2-4H2,1H3,(H,12,14,15)/t5-/m1/s1. The quantitative estimate of drug-likeness (QED) is 0.696. The Hall–Kier alpha value is -1.11. The minimum Gasteiger partial charge on any atom is -0.295 e. The van der Waals surface area contributed by atoms with E-state index in [-0.39, 0.29) is 0 Å². The largest absolute Gasteiger partial charge is 0.471 e. The lowest BCUT2D eigenvalue weighted by atomic mass is 10.2. The molecule has 0 radical (unpaired) electrons. The molecule has 0 bridgehead atoms. The summed E-state index contributed by atoms with van der Waals surface area (Å²) in [5.74, 6) is -3.08. The van der Waals surface area contributed by atoms with Gasteiger partial charge in [0.25, 0.3) is 0 Å². The zero-order chi connectivity index (χ0) is 11.6. The molecule has 0 aromatic heterocycles. The number of likely N-dealkylation sites (N-methyl/N-ethyl adjacent to an activating group) is 1. The fourth-order valence-corrected chi connectivity index (χ4v) is 1.51. The third-order valence-electron chi connectivity index (χ3n) is 2.32. The van der Waals surface area contributed by atoms with E-state index in [2.05, 4.69) is 0 Å². The van der Waals surface area contributed by atoms with Gasteiger partial charge in [-0.3, -0.25) is 19.8 Å². The van der Waals surface area contributed by atoms with Gasteiger partial charge in [-0.05, 0) is 26.4 Å².